The van der Waals surface area contributed by atoms with Gasteiger partial charge in [0, 0.05) is 48.8 Å². The van der Waals surface area contributed by atoms with Crippen LogP contribution in [-0.4, -0.2) is 62.7 Å². The Bertz CT molecular complexity index is 1090. The van der Waals surface area contributed by atoms with E-state index in [-0.39, 0.29) is 5.91 Å². The van der Waals surface area contributed by atoms with Gasteiger partial charge in [-0.25, -0.2) is 15.0 Å². The predicted molar refractivity (Wildman–Crippen MR) is 117 cm³/mol. The SMILES string of the molecule is Cc1ccc(C(=O)N2CCOCC2)cc1Nc1nccn1-c1cc(NC2CC2)ncn1. The van der Waals surface area contributed by atoms with Gasteiger partial charge in [0.1, 0.15) is 18.0 Å². The van der Waals surface area contributed by atoms with E-state index in [0.717, 1.165) is 22.9 Å². The number of benzene rings is 1. The van der Waals surface area contributed by atoms with E-state index >= 15 is 0 Å². The monoisotopic (exact) mass is 419 g/mol. The first-order chi connectivity index (χ1) is 15.2. The van der Waals surface area contributed by atoms with Crippen molar-refractivity contribution < 1.29 is 9.53 Å². The summed E-state index contributed by atoms with van der Waals surface area (Å²) in [4.78, 5) is 27.9. The fourth-order valence-electron chi connectivity index (χ4n) is 3.53. The molecule has 1 saturated carbocycles. The maximum Gasteiger partial charge on any atom is 0.254 e. The fraction of sp³-hybridized carbons (Fsp3) is 0.364. The Morgan fingerprint density at radius 1 is 1.13 bits per heavy atom. The minimum atomic E-state index is 0.0151. The van der Waals surface area contributed by atoms with Crippen LogP contribution in [0.25, 0.3) is 5.82 Å². The molecule has 1 saturated heterocycles. The Kier molecular flexibility index (Phi) is 5.25. The van der Waals surface area contributed by atoms with Crippen molar-refractivity contribution in [1.29, 1.82) is 0 Å². The minimum absolute atomic E-state index is 0.0151. The van der Waals surface area contributed by atoms with Crippen LogP contribution in [0.15, 0.2) is 43.0 Å². The molecule has 9 heteroatoms. The maximum atomic E-state index is 12.9. The molecule has 1 aliphatic carbocycles. The molecule has 9 nitrogen and oxygen atoms in total. The first kappa shape index (κ1) is 19.5. The van der Waals surface area contributed by atoms with Crippen molar-refractivity contribution in [2.24, 2.45) is 0 Å². The highest BCUT2D eigenvalue weighted by Crippen LogP contribution is 2.26. The van der Waals surface area contributed by atoms with Gasteiger partial charge in [-0.2, -0.15) is 0 Å². The summed E-state index contributed by atoms with van der Waals surface area (Å²) in [5.74, 6) is 2.16. The van der Waals surface area contributed by atoms with Crippen LogP contribution in [0.4, 0.5) is 17.5 Å². The molecule has 0 unspecified atom stereocenters. The highest BCUT2D eigenvalue weighted by Gasteiger charge is 2.22. The average Bonchev–Trinajstić information content (AvgIpc) is 3.49. The second kappa shape index (κ2) is 8.35. The van der Waals surface area contributed by atoms with Gasteiger partial charge in [-0.3, -0.25) is 9.36 Å². The molecule has 160 valence electrons. The topological polar surface area (TPSA) is 97.2 Å². The number of carbonyl (C=O) groups excluding carboxylic acids is 1. The van der Waals surface area contributed by atoms with E-state index < -0.39 is 0 Å². The van der Waals surface area contributed by atoms with Crippen LogP contribution in [0, 0.1) is 6.92 Å². The van der Waals surface area contributed by atoms with E-state index in [2.05, 4.69) is 25.6 Å². The number of aryl methyl sites for hydroxylation is 1. The van der Waals surface area contributed by atoms with Gasteiger partial charge in [-0.1, -0.05) is 6.07 Å². The molecule has 1 aliphatic heterocycles. The zero-order valence-corrected chi connectivity index (χ0v) is 17.4. The number of nitrogens with one attached hydrogen (secondary N) is 2. The second-order valence-electron chi connectivity index (χ2n) is 7.86. The van der Waals surface area contributed by atoms with Crippen LogP contribution < -0.4 is 10.6 Å². The Balaban J connectivity index is 1.38. The molecule has 3 aromatic rings. The molecule has 0 bridgehead atoms. The van der Waals surface area contributed by atoms with Gasteiger partial charge in [-0.05, 0) is 37.5 Å². The van der Waals surface area contributed by atoms with E-state index in [4.69, 9.17) is 4.74 Å². The van der Waals surface area contributed by atoms with Crippen molar-refractivity contribution in [3.8, 4) is 5.82 Å². The zero-order chi connectivity index (χ0) is 21.2. The summed E-state index contributed by atoms with van der Waals surface area (Å²) in [5, 5.41) is 6.76. The van der Waals surface area contributed by atoms with Crippen LogP contribution in [0.3, 0.4) is 0 Å². The average molecular weight is 419 g/mol. The number of amides is 1. The summed E-state index contributed by atoms with van der Waals surface area (Å²) in [6.45, 7) is 4.39. The van der Waals surface area contributed by atoms with Crippen LogP contribution in [0.5, 0.6) is 0 Å². The van der Waals surface area contributed by atoms with E-state index in [1.54, 1.807) is 12.5 Å². The number of hydrogen-bond donors (Lipinski definition) is 2. The normalized spacial score (nSPS) is 16.2. The summed E-state index contributed by atoms with van der Waals surface area (Å²) < 4.78 is 7.23. The van der Waals surface area contributed by atoms with Gasteiger partial charge in [0.2, 0.25) is 5.95 Å². The van der Waals surface area contributed by atoms with Crippen molar-refractivity contribution >= 4 is 23.4 Å². The lowest BCUT2D eigenvalue weighted by atomic mass is 10.1. The van der Waals surface area contributed by atoms with Crippen molar-refractivity contribution in [3.05, 3.63) is 54.1 Å². The van der Waals surface area contributed by atoms with E-state index in [0.29, 0.717) is 43.9 Å². The van der Waals surface area contributed by atoms with E-state index in [1.807, 2.05) is 46.9 Å². The molecule has 0 spiro atoms. The molecule has 1 amide bonds. The van der Waals surface area contributed by atoms with E-state index in [1.165, 1.54) is 12.8 Å². The summed E-state index contributed by atoms with van der Waals surface area (Å²) in [7, 11) is 0. The van der Waals surface area contributed by atoms with Gasteiger partial charge in [0.25, 0.3) is 5.91 Å². The molecule has 1 aromatic carbocycles. The van der Waals surface area contributed by atoms with Crippen LogP contribution in [0.1, 0.15) is 28.8 Å². The summed E-state index contributed by atoms with van der Waals surface area (Å²) in [6, 6.07) is 8.12. The standard InChI is InChI=1S/C22H25N7O2/c1-15-2-3-16(21(30)28-8-10-31-11-9-28)12-18(15)27-22-23-6-7-29(22)20-13-19(24-14-25-20)26-17-4-5-17/h2-3,6-7,12-14,17H,4-5,8-11H2,1H3,(H,23,27)(H,24,25,26). The number of aromatic nitrogens is 4. The van der Waals surface area contributed by atoms with Crippen LogP contribution in [-0.2, 0) is 4.74 Å². The maximum absolute atomic E-state index is 12.9. The van der Waals surface area contributed by atoms with Crippen molar-refractivity contribution in [2.75, 3.05) is 36.9 Å². The molecular weight excluding hydrogens is 394 g/mol. The third kappa shape index (κ3) is 4.36. The Morgan fingerprint density at radius 3 is 2.77 bits per heavy atom. The number of carbonyl (C=O) groups is 1. The molecule has 3 heterocycles. The number of nitrogens with zero attached hydrogens (tertiary/aromatic N) is 5. The van der Waals surface area contributed by atoms with Crippen molar-refractivity contribution in [1.82, 2.24) is 24.4 Å². The number of imidazole rings is 1. The van der Waals surface area contributed by atoms with Crippen LogP contribution >= 0.6 is 0 Å². The molecule has 2 fully saturated rings. The Labute approximate surface area is 180 Å². The number of rotatable bonds is 6. The summed E-state index contributed by atoms with van der Waals surface area (Å²) >= 11 is 0. The zero-order valence-electron chi connectivity index (χ0n) is 17.4. The van der Waals surface area contributed by atoms with Crippen LogP contribution in [0.2, 0.25) is 0 Å². The van der Waals surface area contributed by atoms with Crippen molar-refractivity contribution in [3.63, 3.8) is 0 Å². The molecule has 5 rings (SSSR count). The predicted octanol–water partition coefficient (Wildman–Crippen LogP) is 2.76. The Hall–Kier alpha value is -3.46. The summed E-state index contributed by atoms with van der Waals surface area (Å²) in [6.07, 6.45) is 7.48. The lowest BCUT2D eigenvalue weighted by molar-refractivity contribution is 0.0303. The van der Waals surface area contributed by atoms with E-state index in [9.17, 15) is 4.79 Å². The lowest BCUT2D eigenvalue weighted by Gasteiger charge is -2.27. The van der Waals surface area contributed by atoms with Gasteiger partial charge in [0.05, 0.1) is 13.2 Å². The molecule has 2 aliphatic rings. The van der Waals surface area contributed by atoms with Gasteiger partial charge >= 0.3 is 0 Å². The third-order valence-corrected chi connectivity index (χ3v) is 5.50. The smallest absolute Gasteiger partial charge is 0.254 e. The molecule has 0 radical (unpaired) electrons. The third-order valence-electron chi connectivity index (χ3n) is 5.50. The largest absolute Gasteiger partial charge is 0.378 e. The fourth-order valence-corrected chi connectivity index (χ4v) is 3.53. The molecule has 2 aromatic heterocycles. The highest BCUT2D eigenvalue weighted by atomic mass is 16.5. The number of ether oxygens (including phenoxy) is 1. The second-order valence-corrected chi connectivity index (χ2v) is 7.86. The Morgan fingerprint density at radius 2 is 1.97 bits per heavy atom. The molecule has 2 N–H and O–H groups in total. The summed E-state index contributed by atoms with van der Waals surface area (Å²) in [5.41, 5.74) is 2.50. The molecule has 31 heavy (non-hydrogen) atoms. The minimum Gasteiger partial charge on any atom is -0.378 e. The van der Waals surface area contributed by atoms with Gasteiger partial charge < -0.3 is 20.3 Å². The number of anilines is 3. The highest BCUT2D eigenvalue weighted by molar-refractivity contribution is 5.95. The first-order valence-corrected chi connectivity index (χ1v) is 10.5. The van der Waals surface area contributed by atoms with Gasteiger partial charge in [-0.15, -0.1) is 0 Å². The molecule has 0 atom stereocenters. The van der Waals surface area contributed by atoms with Crippen molar-refractivity contribution in [2.45, 2.75) is 25.8 Å². The lowest BCUT2D eigenvalue weighted by Crippen LogP contribution is -2.40. The first-order valence-electron chi connectivity index (χ1n) is 10.5. The van der Waals surface area contributed by atoms with Gasteiger partial charge in [0.15, 0.2) is 0 Å². The quantitative estimate of drug-likeness (QED) is 0.634. The number of morpholine rings is 1. The molecular formula is C22H25N7O2. The number of hydrogen-bond acceptors (Lipinski definition) is 7.